The molecule has 0 aliphatic heterocycles. The number of aromatic nitrogens is 1. The van der Waals surface area contributed by atoms with Crippen LogP contribution in [0.15, 0.2) is 47.1 Å². The van der Waals surface area contributed by atoms with Gasteiger partial charge in [0.25, 0.3) is 0 Å². The maximum atomic E-state index is 11.6. The van der Waals surface area contributed by atoms with Crippen LogP contribution in [0.2, 0.25) is 0 Å². The minimum Gasteiger partial charge on any atom is -0.465 e. The van der Waals surface area contributed by atoms with E-state index in [2.05, 4.69) is 33.0 Å². The van der Waals surface area contributed by atoms with E-state index in [1.54, 1.807) is 18.3 Å². The number of carbonyl (C=O) groups excluding carboxylic acids is 1. The number of aryl methyl sites for hydroxylation is 2. The minimum absolute atomic E-state index is 0.334. The summed E-state index contributed by atoms with van der Waals surface area (Å²) in [5.74, 6) is -0.334. The Hall–Kier alpha value is -1.68. The number of nitrogens with zero attached hydrogens (tertiary/aromatic N) is 1. The molecule has 1 aromatic heterocycles. The van der Waals surface area contributed by atoms with Crippen LogP contribution in [0.5, 0.6) is 0 Å². The lowest BCUT2D eigenvalue weighted by Gasteiger charge is -2.06. The van der Waals surface area contributed by atoms with Gasteiger partial charge in [-0.1, -0.05) is 28.1 Å². The maximum Gasteiger partial charge on any atom is 0.339 e. The van der Waals surface area contributed by atoms with Crippen molar-refractivity contribution in [3.63, 3.8) is 0 Å². The van der Waals surface area contributed by atoms with Gasteiger partial charge in [-0.2, -0.15) is 0 Å². The first-order chi connectivity index (χ1) is 9.20. The first kappa shape index (κ1) is 13.7. The quantitative estimate of drug-likeness (QED) is 0.811. The molecule has 0 N–H and O–H groups in total. The molecule has 4 heteroatoms. The fourth-order valence-electron chi connectivity index (χ4n) is 1.85. The molecule has 0 saturated heterocycles. The third kappa shape index (κ3) is 3.64. The number of rotatable bonds is 4. The summed E-state index contributed by atoms with van der Waals surface area (Å²) >= 11 is 3.41. The fraction of sp³-hybridized carbons (Fsp3) is 0.200. The molecule has 3 nitrogen and oxygen atoms in total. The predicted molar refractivity (Wildman–Crippen MR) is 77.1 cm³/mol. The van der Waals surface area contributed by atoms with Gasteiger partial charge in [-0.05, 0) is 42.7 Å². The van der Waals surface area contributed by atoms with E-state index in [9.17, 15) is 4.79 Å². The highest BCUT2D eigenvalue weighted by atomic mass is 79.9. The van der Waals surface area contributed by atoms with Crippen LogP contribution in [0, 0.1) is 0 Å². The Labute approximate surface area is 120 Å². The second kappa shape index (κ2) is 6.48. The first-order valence-electron chi connectivity index (χ1n) is 5.97. The standard InChI is InChI=1S/C15H14BrNO2/c1-19-15(18)13-3-2-10-17-14(13)9-6-11-4-7-12(16)8-5-11/h2-5,7-8,10H,6,9H2,1H3. The van der Waals surface area contributed by atoms with E-state index in [1.807, 2.05) is 12.1 Å². The van der Waals surface area contributed by atoms with Gasteiger partial charge in [0.2, 0.25) is 0 Å². The number of benzene rings is 1. The van der Waals surface area contributed by atoms with Crippen LogP contribution in [-0.4, -0.2) is 18.1 Å². The molecule has 0 saturated carbocycles. The summed E-state index contributed by atoms with van der Waals surface area (Å²) in [6.07, 6.45) is 3.25. The lowest BCUT2D eigenvalue weighted by Crippen LogP contribution is -2.08. The summed E-state index contributed by atoms with van der Waals surface area (Å²) in [6, 6.07) is 11.6. The van der Waals surface area contributed by atoms with Gasteiger partial charge in [0.15, 0.2) is 0 Å². The average Bonchev–Trinajstić information content (AvgIpc) is 2.46. The second-order valence-electron chi connectivity index (χ2n) is 4.12. The van der Waals surface area contributed by atoms with Gasteiger partial charge in [0.1, 0.15) is 0 Å². The number of ether oxygens (including phenoxy) is 1. The third-order valence-corrected chi connectivity index (χ3v) is 3.39. The third-order valence-electron chi connectivity index (χ3n) is 2.86. The van der Waals surface area contributed by atoms with Crippen molar-refractivity contribution in [3.05, 3.63) is 63.9 Å². The monoisotopic (exact) mass is 319 g/mol. The number of esters is 1. The summed E-state index contributed by atoms with van der Waals surface area (Å²) in [5, 5.41) is 0. The molecular weight excluding hydrogens is 306 g/mol. The first-order valence-corrected chi connectivity index (χ1v) is 6.76. The van der Waals surface area contributed by atoms with E-state index < -0.39 is 0 Å². The molecule has 0 aliphatic rings. The summed E-state index contributed by atoms with van der Waals surface area (Å²) < 4.78 is 5.82. The van der Waals surface area contributed by atoms with Crippen molar-refractivity contribution in [1.29, 1.82) is 0 Å². The second-order valence-corrected chi connectivity index (χ2v) is 5.03. The Morgan fingerprint density at radius 1 is 1.21 bits per heavy atom. The molecule has 2 aromatic rings. The number of hydrogen-bond acceptors (Lipinski definition) is 3. The molecule has 2 rings (SSSR count). The SMILES string of the molecule is COC(=O)c1cccnc1CCc1ccc(Br)cc1. The van der Waals surface area contributed by atoms with E-state index in [0.29, 0.717) is 12.0 Å². The zero-order valence-corrected chi connectivity index (χ0v) is 12.2. The number of carbonyl (C=O) groups is 1. The van der Waals surface area contributed by atoms with Gasteiger partial charge in [-0.25, -0.2) is 4.79 Å². The number of halogens is 1. The van der Waals surface area contributed by atoms with Gasteiger partial charge in [-0.3, -0.25) is 4.98 Å². The van der Waals surface area contributed by atoms with E-state index in [4.69, 9.17) is 4.74 Å². The molecule has 19 heavy (non-hydrogen) atoms. The van der Waals surface area contributed by atoms with E-state index in [0.717, 1.165) is 16.6 Å². The highest BCUT2D eigenvalue weighted by molar-refractivity contribution is 9.10. The Morgan fingerprint density at radius 3 is 2.63 bits per heavy atom. The van der Waals surface area contributed by atoms with Gasteiger partial charge in [0.05, 0.1) is 18.4 Å². The zero-order valence-electron chi connectivity index (χ0n) is 10.6. The molecule has 0 spiro atoms. The topological polar surface area (TPSA) is 39.2 Å². The average molecular weight is 320 g/mol. The van der Waals surface area contributed by atoms with Crippen molar-refractivity contribution >= 4 is 21.9 Å². The van der Waals surface area contributed by atoms with Gasteiger partial charge >= 0.3 is 5.97 Å². The van der Waals surface area contributed by atoms with Crippen molar-refractivity contribution in [2.45, 2.75) is 12.8 Å². The summed E-state index contributed by atoms with van der Waals surface area (Å²) in [5.41, 5.74) is 2.53. The van der Waals surface area contributed by atoms with E-state index in [-0.39, 0.29) is 5.97 Å². The molecule has 0 radical (unpaired) electrons. The smallest absolute Gasteiger partial charge is 0.339 e. The van der Waals surface area contributed by atoms with Crippen molar-refractivity contribution in [2.75, 3.05) is 7.11 Å². The summed E-state index contributed by atoms with van der Waals surface area (Å²) in [7, 11) is 1.38. The molecule has 0 atom stereocenters. The molecule has 0 fully saturated rings. The number of pyridine rings is 1. The summed E-state index contributed by atoms with van der Waals surface area (Å²) in [4.78, 5) is 15.9. The van der Waals surface area contributed by atoms with Crippen LogP contribution in [0.25, 0.3) is 0 Å². The van der Waals surface area contributed by atoms with Crippen molar-refractivity contribution in [1.82, 2.24) is 4.98 Å². The van der Waals surface area contributed by atoms with Crippen LogP contribution < -0.4 is 0 Å². The van der Waals surface area contributed by atoms with Crippen LogP contribution in [0.1, 0.15) is 21.6 Å². The normalized spacial score (nSPS) is 10.2. The molecule has 1 heterocycles. The molecule has 0 amide bonds. The fourth-order valence-corrected chi connectivity index (χ4v) is 2.11. The van der Waals surface area contributed by atoms with Crippen LogP contribution in [-0.2, 0) is 17.6 Å². The lowest BCUT2D eigenvalue weighted by molar-refractivity contribution is 0.0599. The highest BCUT2D eigenvalue weighted by Gasteiger charge is 2.11. The zero-order chi connectivity index (χ0) is 13.7. The minimum atomic E-state index is -0.334. The Bertz CT molecular complexity index is 567. The Balaban J connectivity index is 2.11. The lowest BCUT2D eigenvalue weighted by atomic mass is 10.0. The summed E-state index contributed by atoms with van der Waals surface area (Å²) in [6.45, 7) is 0. The number of hydrogen-bond donors (Lipinski definition) is 0. The van der Waals surface area contributed by atoms with Crippen LogP contribution >= 0.6 is 15.9 Å². The van der Waals surface area contributed by atoms with Gasteiger partial charge < -0.3 is 4.74 Å². The highest BCUT2D eigenvalue weighted by Crippen LogP contribution is 2.14. The molecule has 1 aromatic carbocycles. The molecule has 0 unspecified atom stereocenters. The largest absolute Gasteiger partial charge is 0.465 e. The van der Waals surface area contributed by atoms with E-state index >= 15 is 0 Å². The Morgan fingerprint density at radius 2 is 1.95 bits per heavy atom. The van der Waals surface area contributed by atoms with Crippen molar-refractivity contribution in [2.24, 2.45) is 0 Å². The Kier molecular flexibility index (Phi) is 4.68. The van der Waals surface area contributed by atoms with Crippen molar-refractivity contribution in [3.8, 4) is 0 Å². The van der Waals surface area contributed by atoms with Gasteiger partial charge in [-0.15, -0.1) is 0 Å². The molecule has 0 bridgehead atoms. The number of methoxy groups -OCH3 is 1. The molecule has 98 valence electrons. The van der Waals surface area contributed by atoms with Gasteiger partial charge in [0, 0.05) is 10.7 Å². The molecule has 0 aliphatic carbocycles. The van der Waals surface area contributed by atoms with E-state index in [1.165, 1.54) is 12.7 Å². The van der Waals surface area contributed by atoms with Crippen LogP contribution in [0.3, 0.4) is 0 Å². The molecular formula is C15H14BrNO2. The van der Waals surface area contributed by atoms with Crippen molar-refractivity contribution < 1.29 is 9.53 Å². The maximum absolute atomic E-state index is 11.6. The van der Waals surface area contributed by atoms with Crippen LogP contribution in [0.4, 0.5) is 0 Å². The predicted octanol–water partition coefficient (Wildman–Crippen LogP) is 3.42.